The highest BCUT2D eigenvalue weighted by molar-refractivity contribution is 6.02. The summed E-state index contributed by atoms with van der Waals surface area (Å²) in [5, 5.41) is 7.05. The van der Waals surface area contributed by atoms with Gasteiger partial charge in [0, 0.05) is 29.7 Å². The highest BCUT2D eigenvalue weighted by Crippen LogP contribution is 2.23. The van der Waals surface area contributed by atoms with Gasteiger partial charge < -0.3 is 9.73 Å². The fraction of sp³-hybridized carbons (Fsp3) is 0.0870. The molecule has 0 fully saturated rings. The average molecular weight is 384 g/mol. The lowest BCUT2D eigenvalue weighted by molar-refractivity contribution is -0.111. The molecule has 29 heavy (non-hydrogen) atoms. The van der Waals surface area contributed by atoms with Crippen LogP contribution in [0.3, 0.4) is 0 Å². The number of benzene rings is 2. The molecule has 0 aliphatic heterocycles. The normalized spacial score (nSPS) is 11.1. The maximum Gasteiger partial charge on any atom is 0.248 e. The van der Waals surface area contributed by atoms with Gasteiger partial charge in [-0.15, -0.1) is 0 Å². The maximum absolute atomic E-state index is 12.1. The molecule has 2 heterocycles. The number of rotatable bonds is 6. The van der Waals surface area contributed by atoms with Gasteiger partial charge in [-0.1, -0.05) is 30.3 Å². The van der Waals surface area contributed by atoms with E-state index in [1.165, 1.54) is 6.08 Å². The number of hydrogen-bond acceptors (Lipinski definition) is 4. The summed E-state index contributed by atoms with van der Waals surface area (Å²) in [6, 6.07) is 19.0. The Hall–Kier alpha value is -3.93. The Balaban J connectivity index is 1.41. The van der Waals surface area contributed by atoms with Crippen molar-refractivity contribution in [2.24, 2.45) is 0 Å². The zero-order chi connectivity index (χ0) is 20.1. The van der Waals surface area contributed by atoms with Gasteiger partial charge in [0.05, 0.1) is 6.54 Å². The third-order valence-electron chi connectivity index (χ3n) is 4.39. The molecule has 6 heteroatoms. The maximum atomic E-state index is 12.1. The van der Waals surface area contributed by atoms with E-state index in [-0.39, 0.29) is 5.91 Å². The van der Waals surface area contributed by atoms with Crippen molar-refractivity contribution in [2.45, 2.75) is 13.5 Å². The van der Waals surface area contributed by atoms with Gasteiger partial charge in [0.2, 0.25) is 11.8 Å². The third kappa shape index (κ3) is 4.68. The van der Waals surface area contributed by atoms with Gasteiger partial charge in [0.25, 0.3) is 0 Å². The third-order valence-corrected chi connectivity index (χ3v) is 4.39. The molecule has 4 aromatic rings. The van der Waals surface area contributed by atoms with Crippen molar-refractivity contribution < 1.29 is 9.21 Å². The molecular formula is C23H20N4O2. The molecule has 2 aromatic carbocycles. The van der Waals surface area contributed by atoms with Crippen LogP contribution in [0.2, 0.25) is 0 Å². The molecule has 1 amide bonds. The Labute approximate surface area is 168 Å². The summed E-state index contributed by atoms with van der Waals surface area (Å²) in [5.41, 5.74) is 3.37. The first-order chi connectivity index (χ1) is 14.2. The average Bonchev–Trinajstić information content (AvgIpc) is 3.38. The van der Waals surface area contributed by atoms with Crippen molar-refractivity contribution in [1.29, 1.82) is 0 Å². The molecule has 0 aliphatic rings. The Morgan fingerprint density at radius 3 is 2.62 bits per heavy atom. The van der Waals surface area contributed by atoms with Crippen LogP contribution < -0.4 is 5.32 Å². The van der Waals surface area contributed by atoms with Crippen LogP contribution in [0.1, 0.15) is 17.0 Å². The summed E-state index contributed by atoms with van der Waals surface area (Å²) in [4.78, 5) is 16.7. The number of oxazole rings is 1. The second-order valence-electron chi connectivity index (χ2n) is 6.54. The molecule has 0 spiro atoms. The van der Waals surface area contributed by atoms with Crippen LogP contribution in [-0.2, 0) is 11.3 Å². The number of carbonyl (C=O) groups excluding carboxylic acids is 1. The SMILES string of the molecule is Cc1oc(-c2ccc(NC(=O)/C=C/c3ccccc3)cc2)nc1Cn1cccn1. The molecule has 0 radical (unpaired) electrons. The van der Waals surface area contributed by atoms with Gasteiger partial charge in [-0.05, 0) is 48.9 Å². The molecule has 0 atom stereocenters. The monoisotopic (exact) mass is 384 g/mol. The topological polar surface area (TPSA) is 73.0 Å². The van der Waals surface area contributed by atoms with Crippen LogP contribution in [0.25, 0.3) is 17.5 Å². The molecule has 144 valence electrons. The van der Waals surface area contributed by atoms with Crippen LogP contribution in [0.5, 0.6) is 0 Å². The Morgan fingerprint density at radius 1 is 1.10 bits per heavy atom. The number of hydrogen-bond donors (Lipinski definition) is 1. The number of amides is 1. The zero-order valence-electron chi connectivity index (χ0n) is 15.9. The Morgan fingerprint density at radius 2 is 1.90 bits per heavy atom. The second kappa shape index (κ2) is 8.39. The molecule has 0 unspecified atom stereocenters. The molecule has 4 rings (SSSR count). The predicted molar refractivity (Wildman–Crippen MR) is 112 cm³/mol. The Bertz CT molecular complexity index is 1110. The van der Waals surface area contributed by atoms with Gasteiger partial charge >= 0.3 is 0 Å². The minimum atomic E-state index is -0.185. The van der Waals surface area contributed by atoms with Gasteiger partial charge in [-0.25, -0.2) is 4.98 Å². The lowest BCUT2D eigenvalue weighted by atomic mass is 10.2. The van der Waals surface area contributed by atoms with E-state index >= 15 is 0 Å². The number of nitrogens with one attached hydrogen (secondary N) is 1. The summed E-state index contributed by atoms with van der Waals surface area (Å²) in [6.45, 7) is 2.45. The van der Waals surface area contributed by atoms with E-state index in [9.17, 15) is 4.79 Å². The van der Waals surface area contributed by atoms with Gasteiger partial charge in [-0.3, -0.25) is 9.48 Å². The van der Waals surface area contributed by atoms with E-state index in [0.717, 1.165) is 22.6 Å². The van der Waals surface area contributed by atoms with E-state index in [1.54, 1.807) is 17.0 Å². The van der Waals surface area contributed by atoms with Crippen LogP contribution in [-0.4, -0.2) is 20.7 Å². The molecule has 0 saturated heterocycles. The summed E-state index contributed by atoms with van der Waals surface area (Å²) >= 11 is 0. The minimum absolute atomic E-state index is 0.185. The van der Waals surface area contributed by atoms with Gasteiger partial charge in [0.1, 0.15) is 11.5 Å². The van der Waals surface area contributed by atoms with Crippen LogP contribution in [0, 0.1) is 6.92 Å². The van der Waals surface area contributed by atoms with E-state index in [2.05, 4.69) is 15.4 Å². The first-order valence-corrected chi connectivity index (χ1v) is 9.26. The smallest absolute Gasteiger partial charge is 0.248 e. The highest BCUT2D eigenvalue weighted by atomic mass is 16.4. The lowest BCUT2D eigenvalue weighted by Crippen LogP contribution is -2.07. The summed E-state index contributed by atoms with van der Waals surface area (Å²) < 4.78 is 7.61. The van der Waals surface area contributed by atoms with Crippen LogP contribution >= 0.6 is 0 Å². The van der Waals surface area contributed by atoms with Crippen molar-refractivity contribution in [3.63, 3.8) is 0 Å². The molecule has 2 aromatic heterocycles. The van der Waals surface area contributed by atoms with E-state index < -0.39 is 0 Å². The zero-order valence-corrected chi connectivity index (χ0v) is 15.9. The van der Waals surface area contributed by atoms with Crippen LogP contribution in [0.15, 0.2) is 83.6 Å². The fourth-order valence-corrected chi connectivity index (χ4v) is 2.86. The second-order valence-corrected chi connectivity index (χ2v) is 6.54. The van der Waals surface area contributed by atoms with Crippen molar-refractivity contribution >= 4 is 17.7 Å². The number of carbonyl (C=O) groups is 1. The molecular weight excluding hydrogens is 364 g/mol. The van der Waals surface area contributed by atoms with Crippen molar-refractivity contribution in [3.8, 4) is 11.5 Å². The number of anilines is 1. The molecule has 6 nitrogen and oxygen atoms in total. The lowest BCUT2D eigenvalue weighted by Gasteiger charge is -2.03. The number of aromatic nitrogens is 3. The van der Waals surface area contributed by atoms with E-state index in [0.29, 0.717) is 18.1 Å². The number of nitrogens with zero attached hydrogens (tertiary/aromatic N) is 3. The summed E-state index contributed by atoms with van der Waals surface area (Å²) in [5.74, 6) is 1.13. The first-order valence-electron chi connectivity index (χ1n) is 9.26. The van der Waals surface area contributed by atoms with Gasteiger partial charge in [-0.2, -0.15) is 5.10 Å². The molecule has 0 aliphatic carbocycles. The van der Waals surface area contributed by atoms with E-state index in [1.807, 2.05) is 73.8 Å². The van der Waals surface area contributed by atoms with Crippen LogP contribution in [0.4, 0.5) is 5.69 Å². The van der Waals surface area contributed by atoms with Crippen molar-refractivity contribution in [3.05, 3.63) is 96.2 Å². The molecule has 0 bridgehead atoms. The Kier molecular flexibility index (Phi) is 5.33. The fourth-order valence-electron chi connectivity index (χ4n) is 2.86. The highest BCUT2D eigenvalue weighted by Gasteiger charge is 2.12. The number of aryl methyl sites for hydroxylation is 1. The standard InChI is InChI=1S/C23H20N4O2/c1-17-21(16-27-15-5-14-24-27)26-23(29-17)19-9-11-20(12-10-19)25-22(28)13-8-18-6-3-2-4-7-18/h2-15H,16H2,1H3,(H,25,28)/b13-8+. The predicted octanol–water partition coefficient (Wildman–Crippen LogP) is 4.55. The summed E-state index contributed by atoms with van der Waals surface area (Å²) in [7, 11) is 0. The first kappa shape index (κ1) is 18.4. The molecule has 1 N–H and O–H groups in total. The summed E-state index contributed by atoms with van der Waals surface area (Å²) in [6.07, 6.45) is 6.92. The largest absolute Gasteiger partial charge is 0.441 e. The molecule has 0 saturated carbocycles. The van der Waals surface area contributed by atoms with Crippen molar-refractivity contribution in [2.75, 3.05) is 5.32 Å². The van der Waals surface area contributed by atoms with Crippen molar-refractivity contribution in [1.82, 2.24) is 14.8 Å². The minimum Gasteiger partial charge on any atom is -0.441 e. The quantitative estimate of drug-likeness (QED) is 0.495. The van der Waals surface area contributed by atoms with E-state index in [4.69, 9.17) is 4.42 Å². The van der Waals surface area contributed by atoms with Gasteiger partial charge in [0.15, 0.2) is 0 Å².